The molecule has 3 N–H and O–H groups in total. The lowest BCUT2D eigenvalue weighted by atomic mass is 9.59. The number of aliphatic hydroxyl groups excluding tert-OH is 1. The average molecular weight is 517 g/mol. The smallest absolute Gasteiger partial charge is 0.309 e. The number of rotatable bonds is 10. The number of carboxylic acids is 1. The Morgan fingerprint density at radius 2 is 1.95 bits per heavy atom. The highest BCUT2D eigenvalue weighted by molar-refractivity contribution is 5.73. The van der Waals surface area contributed by atoms with E-state index in [9.17, 15) is 19.8 Å². The van der Waals surface area contributed by atoms with E-state index in [1.165, 1.54) is 5.57 Å². The molecule has 3 fully saturated rings. The van der Waals surface area contributed by atoms with Gasteiger partial charge in [0.05, 0.1) is 24.0 Å². The normalized spacial score (nSPS) is 32.3. The number of fused-ring (bicyclic) bond motifs is 1. The Balaban J connectivity index is 1.79. The SMILES string of the molecule is C=C1CC[C@H](O)C/C1=C/C=C1CCC[C@@]2(C)C1CC[C@@H]2[C@H](C)C(CCC(C)(C)O)C(=O)OCCC(=O)O. The summed E-state index contributed by atoms with van der Waals surface area (Å²) in [6.45, 7) is 12.1. The highest BCUT2D eigenvalue weighted by atomic mass is 16.5. The summed E-state index contributed by atoms with van der Waals surface area (Å²) in [4.78, 5) is 24.1. The van der Waals surface area contributed by atoms with E-state index in [2.05, 4.69) is 32.6 Å². The van der Waals surface area contributed by atoms with E-state index in [0.717, 1.165) is 56.1 Å². The summed E-state index contributed by atoms with van der Waals surface area (Å²) < 4.78 is 5.43. The molecule has 3 rings (SSSR count). The van der Waals surface area contributed by atoms with Gasteiger partial charge in [-0.3, -0.25) is 9.59 Å². The summed E-state index contributed by atoms with van der Waals surface area (Å²) in [6, 6.07) is 0. The van der Waals surface area contributed by atoms with Crippen molar-refractivity contribution in [2.24, 2.45) is 29.1 Å². The predicted octanol–water partition coefficient (Wildman–Crippen LogP) is 5.98. The molecule has 0 radical (unpaired) electrons. The Kier molecular flexibility index (Phi) is 9.85. The minimum atomic E-state index is -0.983. The van der Waals surface area contributed by atoms with Crippen molar-refractivity contribution in [1.29, 1.82) is 0 Å². The molecule has 0 amide bonds. The molecule has 37 heavy (non-hydrogen) atoms. The van der Waals surface area contributed by atoms with Crippen LogP contribution in [0.1, 0.15) is 98.3 Å². The molecule has 0 saturated heterocycles. The van der Waals surface area contributed by atoms with Gasteiger partial charge < -0.3 is 20.1 Å². The predicted molar refractivity (Wildman–Crippen MR) is 145 cm³/mol. The molecule has 0 aromatic rings. The van der Waals surface area contributed by atoms with Crippen LogP contribution in [0.5, 0.6) is 0 Å². The maximum absolute atomic E-state index is 13.2. The van der Waals surface area contributed by atoms with Crippen molar-refractivity contribution in [1.82, 2.24) is 0 Å². The van der Waals surface area contributed by atoms with Gasteiger partial charge >= 0.3 is 11.9 Å². The van der Waals surface area contributed by atoms with Crippen molar-refractivity contribution in [3.8, 4) is 0 Å². The van der Waals surface area contributed by atoms with Gasteiger partial charge in [0.2, 0.25) is 0 Å². The molecule has 0 aromatic heterocycles. The van der Waals surface area contributed by atoms with E-state index >= 15 is 0 Å². The minimum Gasteiger partial charge on any atom is -0.481 e. The van der Waals surface area contributed by atoms with Gasteiger partial charge in [-0.1, -0.05) is 43.7 Å². The number of carboxylic acid groups (broad SMARTS) is 1. The molecule has 3 saturated carbocycles. The fourth-order valence-corrected chi connectivity index (χ4v) is 7.27. The lowest BCUT2D eigenvalue weighted by Gasteiger charge is -2.45. The number of allylic oxidation sites excluding steroid dienone is 4. The van der Waals surface area contributed by atoms with Gasteiger partial charge in [-0.2, -0.15) is 0 Å². The topological polar surface area (TPSA) is 104 Å². The number of hydrogen-bond donors (Lipinski definition) is 3. The van der Waals surface area contributed by atoms with Crippen LogP contribution in [-0.2, 0) is 14.3 Å². The van der Waals surface area contributed by atoms with Crippen LogP contribution in [0.2, 0.25) is 0 Å². The molecule has 3 aliphatic rings. The van der Waals surface area contributed by atoms with Crippen molar-refractivity contribution in [3.63, 3.8) is 0 Å². The molecule has 3 aliphatic carbocycles. The second-order valence-corrected chi connectivity index (χ2v) is 12.7. The van der Waals surface area contributed by atoms with Gasteiger partial charge in [0.25, 0.3) is 0 Å². The lowest BCUT2D eigenvalue weighted by Crippen LogP contribution is -2.40. The zero-order valence-electron chi connectivity index (χ0n) is 23.3. The summed E-state index contributed by atoms with van der Waals surface area (Å²) in [5.41, 5.74) is 2.97. The molecule has 2 unspecified atom stereocenters. The van der Waals surface area contributed by atoms with Crippen LogP contribution in [0.4, 0.5) is 0 Å². The molecular weight excluding hydrogens is 468 g/mol. The summed E-state index contributed by atoms with van der Waals surface area (Å²) in [5.74, 6) is -0.812. The summed E-state index contributed by atoms with van der Waals surface area (Å²) in [7, 11) is 0. The Morgan fingerprint density at radius 3 is 2.62 bits per heavy atom. The first-order chi connectivity index (χ1) is 17.3. The van der Waals surface area contributed by atoms with Crippen LogP contribution >= 0.6 is 0 Å². The van der Waals surface area contributed by atoms with Gasteiger partial charge in [-0.05, 0) is 107 Å². The second-order valence-electron chi connectivity index (χ2n) is 12.7. The number of carbonyl (C=O) groups excluding carboxylic acids is 1. The monoisotopic (exact) mass is 516 g/mol. The summed E-state index contributed by atoms with van der Waals surface area (Å²) in [6.07, 6.45) is 12.8. The van der Waals surface area contributed by atoms with Crippen LogP contribution in [0.3, 0.4) is 0 Å². The van der Waals surface area contributed by atoms with Crippen molar-refractivity contribution in [3.05, 3.63) is 35.5 Å². The largest absolute Gasteiger partial charge is 0.481 e. The maximum Gasteiger partial charge on any atom is 0.309 e. The fraction of sp³-hybridized carbons (Fsp3) is 0.742. The Bertz CT molecular complexity index is 909. The maximum atomic E-state index is 13.2. The molecule has 6 heteroatoms. The molecular formula is C31H48O6. The van der Waals surface area contributed by atoms with Crippen molar-refractivity contribution in [2.45, 2.75) is 110 Å². The number of hydrogen-bond acceptors (Lipinski definition) is 5. The molecule has 0 aliphatic heterocycles. The van der Waals surface area contributed by atoms with E-state index in [1.807, 2.05) is 0 Å². The molecule has 0 heterocycles. The van der Waals surface area contributed by atoms with Gasteiger partial charge in [0, 0.05) is 0 Å². The number of aliphatic carboxylic acids is 1. The lowest BCUT2D eigenvalue weighted by molar-refractivity contribution is -0.154. The van der Waals surface area contributed by atoms with E-state index < -0.39 is 11.6 Å². The molecule has 6 nitrogen and oxygen atoms in total. The first-order valence-electron chi connectivity index (χ1n) is 14.2. The number of aliphatic hydroxyl groups is 2. The quantitative estimate of drug-likeness (QED) is 0.309. The zero-order valence-corrected chi connectivity index (χ0v) is 23.3. The average Bonchev–Trinajstić information content (AvgIpc) is 3.16. The molecule has 0 bridgehead atoms. The second kappa shape index (κ2) is 12.3. The van der Waals surface area contributed by atoms with Gasteiger partial charge in [-0.25, -0.2) is 0 Å². The van der Waals surface area contributed by atoms with Crippen LogP contribution in [-0.4, -0.2) is 45.6 Å². The third-order valence-electron chi connectivity index (χ3n) is 9.43. The number of esters is 1. The highest BCUT2D eigenvalue weighted by Gasteiger charge is 2.52. The van der Waals surface area contributed by atoms with Gasteiger partial charge in [0.15, 0.2) is 0 Å². The van der Waals surface area contributed by atoms with E-state index in [0.29, 0.717) is 31.1 Å². The third-order valence-corrected chi connectivity index (χ3v) is 9.43. The van der Waals surface area contributed by atoms with Crippen LogP contribution in [0, 0.1) is 29.1 Å². The number of carbonyl (C=O) groups is 2. The fourth-order valence-electron chi connectivity index (χ4n) is 7.27. The van der Waals surface area contributed by atoms with Crippen LogP contribution < -0.4 is 0 Å². The standard InChI is InChI=1S/C31H48O6/c1-20-8-11-24(32)19-23(20)10-9-22-7-6-16-31(5)26(12-13-27(22)31)21(2)25(14-17-30(3,4)36)29(35)37-18-15-28(33)34/h9-10,21,24-27,32,36H,1,6-8,11-19H2,2-5H3,(H,33,34)/b22-9?,23-10-/t21-,24+,25?,26-,27?,31-/m1/s1. The third kappa shape index (κ3) is 7.57. The van der Waals surface area contributed by atoms with E-state index in [1.54, 1.807) is 13.8 Å². The van der Waals surface area contributed by atoms with Crippen molar-refractivity contribution < 1.29 is 29.6 Å². The first-order valence-corrected chi connectivity index (χ1v) is 14.2. The summed E-state index contributed by atoms with van der Waals surface area (Å²) in [5, 5.41) is 29.4. The molecule has 208 valence electrons. The Hall–Kier alpha value is -1.92. The van der Waals surface area contributed by atoms with Crippen LogP contribution in [0.25, 0.3) is 0 Å². The number of ether oxygens (including phenoxy) is 1. The molecule has 6 atom stereocenters. The van der Waals surface area contributed by atoms with Gasteiger partial charge in [0.1, 0.15) is 6.61 Å². The minimum absolute atomic E-state index is 0.0700. The molecule has 0 spiro atoms. The van der Waals surface area contributed by atoms with Crippen molar-refractivity contribution >= 4 is 11.9 Å². The van der Waals surface area contributed by atoms with Crippen LogP contribution in [0.15, 0.2) is 35.5 Å². The Morgan fingerprint density at radius 1 is 1.22 bits per heavy atom. The van der Waals surface area contributed by atoms with Crippen molar-refractivity contribution in [2.75, 3.05) is 6.61 Å². The summed E-state index contributed by atoms with van der Waals surface area (Å²) >= 11 is 0. The van der Waals surface area contributed by atoms with E-state index in [-0.39, 0.29) is 42.4 Å². The highest BCUT2D eigenvalue weighted by Crippen LogP contribution is 2.60. The van der Waals surface area contributed by atoms with E-state index in [4.69, 9.17) is 9.84 Å². The zero-order chi connectivity index (χ0) is 27.4. The Labute approximate surface area is 222 Å². The molecule has 0 aromatic carbocycles. The van der Waals surface area contributed by atoms with Gasteiger partial charge in [-0.15, -0.1) is 0 Å². The first kappa shape index (κ1) is 29.6.